The Morgan fingerprint density at radius 2 is 1.17 bits per heavy atom. The van der Waals surface area contributed by atoms with Crippen molar-refractivity contribution in [1.29, 1.82) is 0 Å². The maximum atomic E-state index is 4.36. The monoisotopic (exact) mass is 480 g/mol. The molecule has 2 rings (SSSR count). The fourth-order valence-electron chi connectivity index (χ4n) is 5.64. The van der Waals surface area contributed by atoms with Gasteiger partial charge in [-0.25, -0.2) is 4.98 Å². The van der Waals surface area contributed by atoms with E-state index >= 15 is 0 Å². The fraction of sp³-hybridized carbons (Fsp3) is 0.727. The molecule has 1 aromatic carbocycles. The number of aromatic nitrogens is 2. The highest BCUT2D eigenvalue weighted by molar-refractivity contribution is 5.15. The first-order chi connectivity index (χ1) is 17.3. The molecule has 198 valence electrons. The van der Waals surface area contributed by atoms with E-state index in [1.54, 1.807) is 0 Å². The average molecular weight is 481 g/mol. The maximum Gasteiger partial charge on any atom is 0.0948 e. The lowest BCUT2D eigenvalue weighted by Gasteiger charge is -2.28. The third-order valence-electron chi connectivity index (χ3n) is 7.92. The van der Waals surface area contributed by atoms with Gasteiger partial charge in [0.25, 0.3) is 0 Å². The number of imidazole rings is 1. The lowest BCUT2D eigenvalue weighted by atomic mass is 9.86. The Balaban J connectivity index is 1.50. The predicted octanol–water partition coefficient (Wildman–Crippen LogP) is 10.7. The minimum Gasteiger partial charge on any atom is -0.334 e. The number of rotatable bonds is 23. The molecule has 0 radical (unpaired) electrons. The van der Waals surface area contributed by atoms with Gasteiger partial charge in [-0.3, -0.25) is 0 Å². The molecule has 35 heavy (non-hydrogen) atoms. The van der Waals surface area contributed by atoms with Gasteiger partial charge in [0, 0.05) is 18.4 Å². The molecule has 0 fully saturated rings. The summed E-state index contributed by atoms with van der Waals surface area (Å²) in [5, 5.41) is 0. The summed E-state index contributed by atoms with van der Waals surface area (Å²) in [6.45, 7) is 4.65. The first kappa shape index (κ1) is 29.7. The molecule has 0 N–H and O–H groups in total. The Morgan fingerprint density at radius 3 is 1.63 bits per heavy atom. The Bertz CT molecular complexity index is 678. The molecular weight excluding hydrogens is 424 g/mol. The number of benzene rings is 1. The molecule has 0 saturated carbocycles. The Labute approximate surface area is 218 Å². The SMILES string of the molecule is CCCCCCCCCCCCCCCCCCCC(C(CC)Cc1ccccc1)n1ccnc1. The van der Waals surface area contributed by atoms with Gasteiger partial charge < -0.3 is 4.57 Å². The van der Waals surface area contributed by atoms with Crippen molar-refractivity contribution in [3.8, 4) is 0 Å². The van der Waals surface area contributed by atoms with Gasteiger partial charge in [-0.15, -0.1) is 0 Å². The largest absolute Gasteiger partial charge is 0.334 e. The van der Waals surface area contributed by atoms with Crippen LogP contribution in [-0.4, -0.2) is 9.55 Å². The van der Waals surface area contributed by atoms with Gasteiger partial charge in [0.2, 0.25) is 0 Å². The number of unbranched alkanes of at least 4 members (excludes halogenated alkanes) is 16. The molecule has 2 aromatic rings. The second-order valence-electron chi connectivity index (χ2n) is 10.9. The molecule has 0 spiro atoms. The Kier molecular flexibility index (Phi) is 17.5. The zero-order valence-electron chi connectivity index (χ0n) is 23.3. The van der Waals surface area contributed by atoms with E-state index in [0.29, 0.717) is 12.0 Å². The van der Waals surface area contributed by atoms with E-state index in [1.807, 2.05) is 12.5 Å². The van der Waals surface area contributed by atoms with Crippen molar-refractivity contribution in [2.24, 2.45) is 5.92 Å². The number of hydrogen-bond donors (Lipinski definition) is 0. The van der Waals surface area contributed by atoms with E-state index in [-0.39, 0.29) is 0 Å². The second-order valence-corrected chi connectivity index (χ2v) is 10.9. The fourth-order valence-corrected chi connectivity index (χ4v) is 5.64. The predicted molar refractivity (Wildman–Crippen MR) is 154 cm³/mol. The summed E-state index contributed by atoms with van der Waals surface area (Å²) in [4.78, 5) is 4.36. The summed E-state index contributed by atoms with van der Waals surface area (Å²) >= 11 is 0. The van der Waals surface area contributed by atoms with Crippen molar-refractivity contribution in [2.45, 2.75) is 148 Å². The smallest absolute Gasteiger partial charge is 0.0948 e. The minimum atomic E-state index is 0.569. The van der Waals surface area contributed by atoms with Gasteiger partial charge >= 0.3 is 0 Å². The van der Waals surface area contributed by atoms with Crippen molar-refractivity contribution < 1.29 is 0 Å². The Morgan fingerprint density at radius 1 is 0.657 bits per heavy atom. The second kappa shape index (κ2) is 20.6. The lowest BCUT2D eigenvalue weighted by molar-refractivity contribution is 0.290. The van der Waals surface area contributed by atoms with Crippen molar-refractivity contribution in [2.75, 3.05) is 0 Å². The first-order valence-electron chi connectivity index (χ1n) is 15.4. The van der Waals surface area contributed by atoms with E-state index < -0.39 is 0 Å². The molecule has 0 aliphatic rings. The lowest BCUT2D eigenvalue weighted by Crippen LogP contribution is -2.20. The van der Waals surface area contributed by atoms with Crippen LogP contribution in [0.1, 0.15) is 147 Å². The van der Waals surface area contributed by atoms with Crippen LogP contribution in [0.15, 0.2) is 49.1 Å². The number of hydrogen-bond acceptors (Lipinski definition) is 1. The van der Waals surface area contributed by atoms with Crippen molar-refractivity contribution in [3.63, 3.8) is 0 Å². The average Bonchev–Trinajstić information content (AvgIpc) is 3.42. The summed E-state index contributed by atoms with van der Waals surface area (Å²) in [6, 6.07) is 11.6. The molecule has 2 atom stereocenters. The Hall–Kier alpha value is -1.57. The minimum absolute atomic E-state index is 0.569. The molecule has 2 nitrogen and oxygen atoms in total. The summed E-state index contributed by atoms with van der Waals surface area (Å²) < 4.78 is 2.38. The molecule has 0 aliphatic heterocycles. The van der Waals surface area contributed by atoms with E-state index in [4.69, 9.17) is 0 Å². The molecule has 0 aliphatic carbocycles. The zero-order chi connectivity index (χ0) is 24.8. The normalized spacial score (nSPS) is 13.2. The van der Waals surface area contributed by atoms with Gasteiger partial charge in [0.1, 0.15) is 0 Å². The zero-order valence-corrected chi connectivity index (χ0v) is 23.3. The van der Waals surface area contributed by atoms with Crippen LogP contribution in [0.25, 0.3) is 0 Å². The van der Waals surface area contributed by atoms with Crippen LogP contribution >= 0.6 is 0 Å². The molecular formula is C33H56N2. The third kappa shape index (κ3) is 13.9. The molecule has 2 unspecified atom stereocenters. The standard InChI is InChI=1S/C33H56N2/c1-3-5-6-7-8-9-10-11-12-13-14-15-16-17-18-19-23-26-33(35-28-27-34-30-35)32(4-2)29-31-24-21-20-22-25-31/h20-22,24-25,27-28,30,32-33H,3-19,23,26,29H2,1-2H3. The third-order valence-corrected chi connectivity index (χ3v) is 7.92. The quantitative estimate of drug-likeness (QED) is 0.145. The van der Waals surface area contributed by atoms with Crippen LogP contribution in [0.5, 0.6) is 0 Å². The van der Waals surface area contributed by atoms with Crippen LogP contribution in [0.3, 0.4) is 0 Å². The molecule has 0 amide bonds. The van der Waals surface area contributed by atoms with Crippen molar-refractivity contribution in [1.82, 2.24) is 9.55 Å². The van der Waals surface area contributed by atoms with Gasteiger partial charge in [0.05, 0.1) is 6.33 Å². The van der Waals surface area contributed by atoms with Gasteiger partial charge in [-0.2, -0.15) is 0 Å². The van der Waals surface area contributed by atoms with Crippen LogP contribution in [0, 0.1) is 5.92 Å². The molecule has 0 bridgehead atoms. The van der Waals surface area contributed by atoms with E-state index in [0.717, 1.165) is 0 Å². The van der Waals surface area contributed by atoms with Crippen molar-refractivity contribution in [3.05, 3.63) is 54.6 Å². The van der Waals surface area contributed by atoms with E-state index in [2.05, 4.69) is 59.9 Å². The van der Waals surface area contributed by atoms with Gasteiger partial charge in [-0.1, -0.05) is 160 Å². The maximum absolute atomic E-state index is 4.36. The molecule has 1 heterocycles. The first-order valence-corrected chi connectivity index (χ1v) is 15.4. The van der Waals surface area contributed by atoms with E-state index in [1.165, 1.54) is 134 Å². The van der Waals surface area contributed by atoms with Crippen LogP contribution < -0.4 is 0 Å². The van der Waals surface area contributed by atoms with Crippen LogP contribution in [-0.2, 0) is 6.42 Å². The summed E-state index contributed by atoms with van der Waals surface area (Å²) in [6.07, 6.45) is 34.2. The summed E-state index contributed by atoms with van der Waals surface area (Å²) in [5.74, 6) is 0.674. The number of nitrogens with zero attached hydrogens (tertiary/aromatic N) is 2. The molecule has 1 aromatic heterocycles. The summed E-state index contributed by atoms with van der Waals surface area (Å²) in [5.41, 5.74) is 1.46. The van der Waals surface area contributed by atoms with Crippen LogP contribution in [0.2, 0.25) is 0 Å². The van der Waals surface area contributed by atoms with Gasteiger partial charge in [-0.05, 0) is 24.3 Å². The highest BCUT2D eigenvalue weighted by Crippen LogP contribution is 2.30. The topological polar surface area (TPSA) is 17.8 Å². The van der Waals surface area contributed by atoms with E-state index in [9.17, 15) is 0 Å². The summed E-state index contributed by atoms with van der Waals surface area (Å²) in [7, 11) is 0. The van der Waals surface area contributed by atoms with Gasteiger partial charge in [0.15, 0.2) is 0 Å². The molecule has 0 saturated heterocycles. The highest BCUT2D eigenvalue weighted by atomic mass is 15.1. The van der Waals surface area contributed by atoms with Crippen LogP contribution in [0.4, 0.5) is 0 Å². The highest BCUT2D eigenvalue weighted by Gasteiger charge is 2.21. The van der Waals surface area contributed by atoms with Crippen molar-refractivity contribution >= 4 is 0 Å². The molecule has 2 heteroatoms.